The van der Waals surface area contributed by atoms with Crippen LogP contribution in [0.3, 0.4) is 0 Å². The van der Waals surface area contributed by atoms with E-state index >= 15 is 0 Å². The van der Waals surface area contributed by atoms with Gasteiger partial charge in [-0.25, -0.2) is 0 Å². The van der Waals surface area contributed by atoms with Crippen molar-refractivity contribution >= 4 is 17.2 Å². The van der Waals surface area contributed by atoms with Gasteiger partial charge in [0.15, 0.2) is 0 Å². The molecule has 0 bridgehead atoms. The monoisotopic (exact) mass is 492 g/mol. The van der Waals surface area contributed by atoms with Crippen LogP contribution in [0, 0.1) is 68.5 Å². The molecule has 0 N–H and O–H groups in total. The maximum atomic E-state index is 2.42. The summed E-state index contributed by atoms with van der Waals surface area (Å²) in [6.45, 7) is 34.6. The maximum Gasteiger partial charge on any atom is 0.0398 e. The molecule has 0 spiro atoms. The molecule has 10 radical (unpaired) electrons. The van der Waals surface area contributed by atoms with Crippen LogP contribution in [-0.4, -0.2) is 0 Å². The predicted molar refractivity (Wildman–Crippen MR) is 136 cm³/mol. The summed E-state index contributed by atoms with van der Waals surface area (Å²) in [6.07, 6.45) is 4.83. The Morgan fingerprint density at radius 2 is 0.700 bits per heavy atom. The summed E-state index contributed by atoms with van der Waals surface area (Å²) in [5, 5.41) is 3.35. The van der Waals surface area contributed by atoms with Crippen LogP contribution >= 0.6 is 17.2 Å². The third-order valence-electron chi connectivity index (χ3n) is 5.14. The number of hydrogen-bond donors (Lipinski definition) is 0. The summed E-state index contributed by atoms with van der Waals surface area (Å²) in [5.41, 5.74) is 1.53. The predicted octanol–water partition coefficient (Wildman–Crippen LogP) is 10.2. The smallest absolute Gasteiger partial charge is 0.0398 e. The van der Waals surface area contributed by atoms with E-state index in [-0.39, 0.29) is 33.0 Å². The largest absolute Gasteiger partial charge is 0.0596 e. The van der Waals surface area contributed by atoms with Gasteiger partial charge >= 0.3 is 0 Å². The van der Waals surface area contributed by atoms with E-state index in [9.17, 15) is 0 Å². The molecule has 0 atom stereocenters. The molecule has 1 aliphatic carbocycles. The fraction of sp³-hybridized carbons (Fsp3) is 0.741. The van der Waals surface area contributed by atoms with Gasteiger partial charge in [0.2, 0.25) is 0 Å². The SMILES string of the molecule is CC(C)(C)[C]1[CH][C](C(C)(C)C)[C](C(C)(C)C)[CH]1.CC(C)(C)[C]1[P][C](C(C)(C)C)[P]1.[Co]. The fourth-order valence-electron chi connectivity index (χ4n) is 3.06. The molecule has 174 valence electrons. The standard InChI is InChI=1S/C17H29.C10H18P2.Co/c1-15(2,3)12-10-13(16(4,5)6)14(11-12)17(7,8)9;1-9(2,3)7-11-8(12-7)10(4,5)6;/h10-11H,1-9H3;1-6H3;. The molecular weight excluding hydrogens is 445 g/mol. The third-order valence-corrected chi connectivity index (χ3v) is 9.87. The van der Waals surface area contributed by atoms with Gasteiger partial charge in [0.25, 0.3) is 0 Å². The van der Waals surface area contributed by atoms with Crippen LogP contribution in [0.5, 0.6) is 0 Å². The van der Waals surface area contributed by atoms with E-state index in [2.05, 4.69) is 117 Å². The van der Waals surface area contributed by atoms with E-state index in [1.54, 1.807) is 10.8 Å². The van der Waals surface area contributed by atoms with E-state index < -0.39 is 0 Å². The molecule has 0 aromatic carbocycles. The van der Waals surface area contributed by atoms with E-state index in [0.717, 1.165) is 0 Å². The van der Waals surface area contributed by atoms with Crippen molar-refractivity contribution in [3.63, 3.8) is 0 Å². The van der Waals surface area contributed by atoms with Gasteiger partial charge < -0.3 is 0 Å². The van der Waals surface area contributed by atoms with Crippen molar-refractivity contribution < 1.29 is 16.8 Å². The van der Waals surface area contributed by atoms with Gasteiger partial charge in [-0.3, -0.25) is 0 Å². The quantitative estimate of drug-likeness (QED) is 0.295. The van der Waals surface area contributed by atoms with E-state index in [1.807, 2.05) is 0 Å². The second-order valence-electron chi connectivity index (χ2n) is 13.7. The first-order chi connectivity index (χ1) is 12.5. The van der Waals surface area contributed by atoms with Crippen molar-refractivity contribution in [2.75, 3.05) is 0 Å². The Morgan fingerprint density at radius 3 is 0.867 bits per heavy atom. The Hall–Kier alpha value is 1.37. The van der Waals surface area contributed by atoms with Gasteiger partial charge in [0, 0.05) is 27.6 Å². The summed E-state index contributed by atoms with van der Waals surface area (Å²) in [5.74, 6) is 4.48. The first-order valence-corrected chi connectivity index (χ1v) is 12.8. The van der Waals surface area contributed by atoms with Crippen molar-refractivity contribution in [2.24, 2.45) is 27.1 Å². The van der Waals surface area contributed by atoms with Crippen LogP contribution in [-0.2, 0) is 16.8 Å². The van der Waals surface area contributed by atoms with Gasteiger partial charge in [0.05, 0.1) is 0 Å². The zero-order valence-corrected chi connectivity index (χ0v) is 25.2. The molecule has 2 fully saturated rings. The van der Waals surface area contributed by atoms with E-state index in [0.29, 0.717) is 10.8 Å². The normalized spacial score (nSPS) is 23.3. The summed E-state index contributed by atoms with van der Waals surface area (Å²) in [7, 11) is 3.04. The van der Waals surface area contributed by atoms with Gasteiger partial charge in [-0.05, 0) is 57.7 Å². The first-order valence-electron chi connectivity index (χ1n) is 11.0. The van der Waals surface area contributed by atoms with Crippen LogP contribution in [0.15, 0.2) is 0 Å². The van der Waals surface area contributed by atoms with E-state index in [1.165, 1.54) is 34.9 Å². The Balaban J connectivity index is 0.000000573. The van der Waals surface area contributed by atoms with Crippen molar-refractivity contribution in [3.8, 4) is 0 Å². The molecule has 30 heavy (non-hydrogen) atoms. The Kier molecular flexibility index (Phi) is 10.8. The topological polar surface area (TPSA) is 0 Å². The van der Waals surface area contributed by atoms with Crippen molar-refractivity contribution in [2.45, 2.75) is 104 Å². The maximum absolute atomic E-state index is 2.42. The Bertz CT molecular complexity index is 474. The third kappa shape index (κ3) is 8.96. The molecule has 0 aromatic heterocycles. The summed E-state index contributed by atoms with van der Waals surface area (Å²) < 4.78 is 0. The molecule has 1 saturated carbocycles. The van der Waals surface area contributed by atoms with E-state index in [4.69, 9.17) is 0 Å². The summed E-state index contributed by atoms with van der Waals surface area (Å²) in [4.78, 5) is 0. The minimum absolute atomic E-state index is 0. The average Bonchev–Trinajstić information content (AvgIpc) is 2.77. The zero-order chi connectivity index (χ0) is 23.2. The molecule has 0 unspecified atom stereocenters. The minimum atomic E-state index is 0. The second kappa shape index (κ2) is 10.3. The molecular formula is C27H47CoP2. The summed E-state index contributed by atoms with van der Waals surface area (Å²) in [6, 6.07) is 0. The molecule has 1 heterocycles. The fourth-order valence-corrected chi connectivity index (χ4v) is 5.71. The molecule has 0 nitrogen and oxygen atoms in total. The van der Waals surface area contributed by atoms with Crippen LogP contribution in [0.4, 0.5) is 0 Å². The molecule has 1 saturated heterocycles. The second-order valence-corrected chi connectivity index (χ2v) is 16.6. The molecule has 2 rings (SSSR count). The van der Waals surface area contributed by atoms with Gasteiger partial charge in [-0.1, -0.05) is 121 Å². The number of hydrogen-bond acceptors (Lipinski definition) is 0. The minimum Gasteiger partial charge on any atom is -0.0596 e. The Morgan fingerprint density at radius 1 is 0.433 bits per heavy atom. The zero-order valence-electron chi connectivity index (χ0n) is 22.4. The molecule has 2 aliphatic rings. The number of rotatable bonds is 0. The van der Waals surface area contributed by atoms with Gasteiger partial charge in [-0.15, -0.1) is 0 Å². The summed E-state index contributed by atoms with van der Waals surface area (Å²) >= 11 is 0. The van der Waals surface area contributed by atoms with Crippen LogP contribution in [0.2, 0.25) is 0 Å². The molecule has 0 aromatic rings. The van der Waals surface area contributed by atoms with Crippen LogP contribution in [0.25, 0.3) is 0 Å². The van der Waals surface area contributed by atoms with Gasteiger partial charge in [-0.2, -0.15) is 0 Å². The average molecular weight is 493 g/mol. The van der Waals surface area contributed by atoms with Crippen molar-refractivity contribution in [3.05, 3.63) is 41.4 Å². The van der Waals surface area contributed by atoms with Crippen LogP contribution < -0.4 is 0 Å². The van der Waals surface area contributed by atoms with Crippen LogP contribution in [0.1, 0.15) is 104 Å². The molecule has 0 amide bonds. The first kappa shape index (κ1) is 31.4. The van der Waals surface area contributed by atoms with Crippen molar-refractivity contribution in [1.29, 1.82) is 0 Å². The Labute approximate surface area is 205 Å². The molecule has 3 heteroatoms. The van der Waals surface area contributed by atoms with Crippen molar-refractivity contribution in [1.82, 2.24) is 0 Å². The van der Waals surface area contributed by atoms with Gasteiger partial charge in [0.1, 0.15) is 0 Å². The molecule has 1 aliphatic heterocycles.